The quantitative estimate of drug-likeness (QED) is 0.621. The lowest BCUT2D eigenvalue weighted by molar-refractivity contribution is -0.131. The molecule has 5 nitrogen and oxygen atoms in total. The Kier molecular flexibility index (Phi) is 5.55. The molecule has 0 aliphatic heterocycles. The summed E-state index contributed by atoms with van der Waals surface area (Å²) in [5, 5.41) is 20.2. The van der Waals surface area contributed by atoms with Gasteiger partial charge in [-0.05, 0) is 36.3 Å². The van der Waals surface area contributed by atoms with Gasteiger partial charge >= 0.3 is 5.97 Å². The third-order valence-corrected chi connectivity index (χ3v) is 4.96. The van der Waals surface area contributed by atoms with Crippen molar-refractivity contribution in [3.05, 3.63) is 58.1 Å². The fraction of sp³-hybridized carbons (Fsp3) is 0.316. The van der Waals surface area contributed by atoms with Crippen LogP contribution in [0.3, 0.4) is 0 Å². The van der Waals surface area contributed by atoms with Gasteiger partial charge in [0.05, 0.1) is 5.51 Å². The van der Waals surface area contributed by atoms with Gasteiger partial charge in [-0.15, -0.1) is 11.3 Å². The van der Waals surface area contributed by atoms with Crippen molar-refractivity contribution < 1.29 is 19.8 Å². The van der Waals surface area contributed by atoms with Crippen LogP contribution in [0.15, 0.2) is 53.2 Å². The Labute approximate surface area is 150 Å². The molecule has 0 saturated heterocycles. The van der Waals surface area contributed by atoms with Crippen molar-refractivity contribution >= 4 is 29.2 Å². The number of allylic oxidation sites excluding steroid dienone is 3. The first-order valence-electron chi connectivity index (χ1n) is 7.78. The lowest BCUT2D eigenvalue weighted by Crippen LogP contribution is -2.48. The van der Waals surface area contributed by atoms with E-state index >= 15 is 0 Å². The van der Waals surface area contributed by atoms with E-state index in [1.54, 1.807) is 42.9 Å². The molecule has 132 valence electrons. The normalized spacial score (nSPS) is 24.1. The molecular weight excluding hydrogens is 338 g/mol. The number of carbonyl (C=O) groups excluding carboxylic acids is 1. The highest BCUT2D eigenvalue weighted by atomic mass is 32.1. The first-order chi connectivity index (χ1) is 11.6. The Morgan fingerprint density at radius 1 is 1.36 bits per heavy atom. The van der Waals surface area contributed by atoms with Crippen LogP contribution in [0.5, 0.6) is 0 Å². The molecular formula is C19H21NO4S. The maximum Gasteiger partial charge on any atom is 0.328 e. The van der Waals surface area contributed by atoms with Gasteiger partial charge in [0.2, 0.25) is 0 Å². The standard InChI is InChI=1S/C19H21NO4S/c1-13(8-17(22)23)6-7-19(24)14(4-5-16-11-20-12-25-16)9-15(21)10-18(19,2)3/h4-9,11-12,24H,10H2,1-3H3,(H,22,23)/b5-4+,7-6+,13-8-/t19-/m1/s1. The summed E-state index contributed by atoms with van der Waals surface area (Å²) in [6.45, 7) is 5.28. The number of hydrogen-bond acceptors (Lipinski definition) is 5. The van der Waals surface area contributed by atoms with Crippen LogP contribution >= 0.6 is 11.3 Å². The highest BCUT2D eigenvalue weighted by Crippen LogP contribution is 2.45. The fourth-order valence-corrected chi connectivity index (χ4v) is 3.28. The van der Waals surface area contributed by atoms with Crippen molar-refractivity contribution in [1.82, 2.24) is 4.98 Å². The van der Waals surface area contributed by atoms with Gasteiger partial charge in [0.25, 0.3) is 0 Å². The summed E-state index contributed by atoms with van der Waals surface area (Å²) in [7, 11) is 0. The summed E-state index contributed by atoms with van der Waals surface area (Å²) < 4.78 is 0. The number of rotatable bonds is 5. The molecule has 1 atom stereocenters. The van der Waals surface area contributed by atoms with Gasteiger partial charge in [-0.3, -0.25) is 9.78 Å². The molecule has 6 heteroatoms. The van der Waals surface area contributed by atoms with Gasteiger partial charge in [-0.25, -0.2) is 4.79 Å². The zero-order chi connectivity index (χ0) is 18.7. The van der Waals surface area contributed by atoms with E-state index < -0.39 is 17.0 Å². The van der Waals surface area contributed by atoms with Crippen molar-refractivity contribution in [2.45, 2.75) is 32.8 Å². The van der Waals surface area contributed by atoms with Gasteiger partial charge in [0.1, 0.15) is 5.60 Å². The Morgan fingerprint density at radius 2 is 2.08 bits per heavy atom. The van der Waals surface area contributed by atoms with Gasteiger partial charge in [-0.2, -0.15) is 0 Å². The number of carboxylic acid groups (broad SMARTS) is 1. The molecule has 0 unspecified atom stereocenters. The van der Waals surface area contributed by atoms with Crippen molar-refractivity contribution in [2.75, 3.05) is 0 Å². The topological polar surface area (TPSA) is 87.5 Å². The largest absolute Gasteiger partial charge is 0.478 e. The monoisotopic (exact) mass is 359 g/mol. The molecule has 0 saturated carbocycles. The van der Waals surface area contributed by atoms with Gasteiger partial charge < -0.3 is 10.2 Å². The molecule has 2 rings (SSSR count). The van der Waals surface area contributed by atoms with Crippen molar-refractivity contribution in [2.24, 2.45) is 5.41 Å². The third kappa shape index (κ3) is 4.41. The van der Waals surface area contributed by atoms with Crippen molar-refractivity contribution in [3.63, 3.8) is 0 Å². The molecule has 0 radical (unpaired) electrons. The molecule has 0 amide bonds. The molecule has 1 aromatic heterocycles. The Morgan fingerprint density at radius 3 is 2.68 bits per heavy atom. The fourth-order valence-electron chi connectivity index (χ4n) is 2.77. The number of aliphatic hydroxyl groups is 1. The second-order valence-corrected chi connectivity index (χ2v) is 7.61. The van der Waals surface area contributed by atoms with Gasteiger partial charge in [0.15, 0.2) is 5.78 Å². The maximum absolute atomic E-state index is 12.1. The summed E-state index contributed by atoms with van der Waals surface area (Å²) in [4.78, 5) is 27.7. The summed E-state index contributed by atoms with van der Waals surface area (Å²) in [6.07, 6.45) is 11.1. The van der Waals surface area contributed by atoms with E-state index in [0.29, 0.717) is 11.1 Å². The molecule has 0 bridgehead atoms. The lowest BCUT2D eigenvalue weighted by atomic mass is 9.64. The molecule has 1 heterocycles. The molecule has 1 aliphatic rings. The summed E-state index contributed by atoms with van der Waals surface area (Å²) >= 11 is 1.45. The lowest BCUT2D eigenvalue weighted by Gasteiger charge is -2.44. The Bertz CT molecular complexity index is 784. The van der Waals surface area contributed by atoms with Crippen LogP contribution in [0.25, 0.3) is 6.08 Å². The minimum absolute atomic E-state index is 0.0511. The molecule has 2 N–H and O–H groups in total. The molecule has 1 aliphatic carbocycles. The van der Waals surface area contributed by atoms with Crippen LogP contribution in [0, 0.1) is 5.41 Å². The molecule has 25 heavy (non-hydrogen) atoms. The zero-order valence-corrected chi connectivity index (χ0v) is 15.2. The highest BCUT2D eigenvalue weighted by molar-refractivity contribution is 7.10. The molecule has 0 aromatic carbocycles. The first kappa shape index (κ1) is 19.0. The van der Waals surface area contributed by atoms with E-state index in [2.05, 4.69) is 4.98 Å². The summed E-state index contributed by atoms with van der Waals surface area (Å²) in [6, 6.07) is 0. The van der Waals surface area contributed by atoms with Crippen molar-refractivity contribution in [1.29, 1.82) is 0 Å². The smallest absolute Gasteiger partial charge is 0.328 e. The number of hydrogen-bond donors (Lipinski definition) is 2. The van der Waals surface area contributed by atoms with Crippen LogP contribution in [0.2, 0.25) is 0 Å². The maximum atomic E-state index is 12.1. The Hall–Kier alpha value is -2.31. The first-order valence-corrected chi connectivity index (χ1v) is 8.66. The average molecular weight is 359 g/mol. The van der Waals surface area contributed by atoms with Crippen LogP contribution in [-0.4, -0.2) is 32.6 Å². The number of nitrogens with zero attached hydrogens (tertiary/aromatic N) is 1. The zero-order valence-electron chi connectivity index (χ0n) is 14.4. The number of aromatic nitrogens is 1. The number of aliphatic carboxylic acids is 1. The summed E-state index contributed by atoms with van der Waals surface area (Å²) in [5.74, 6) is -1.10. The average Bonchev–Trinajstić information content (AvgIpc) is 2.99. The number of thiazole rings is 1. The predicted molar refractivity (Wildman–Crippen MR) is 98.1 cm³/mol. The minimum Gasteiger partial charge on any atom is -0.478 e. The third-order valence-electron chi connectivity index (χ3n) is 4.22. The minimum atomic E-state index is -1.39. The van der Waals surface area contributed by atoms with Crippen LogP contribution in [0.1, 0.15) is 32.1 Å². The molecule has 0 fully saturated rings. The predicted octanol–water partition coefficient (Wildman–Crippen LogP) is 3.40. The highest BCUT2D eigenvalue weighted by Gasteiger charge is 2.47. The molecule has 1 aromatic rings. The van der Waals surface area contributed by atoms with E-state index in [0.717, 1.165) is 11.0 Å². The van der Waals surface area contributed by atoms with Crippen molar-refractivity contribution in [3.8, 4) is 0 Å². The number of carbonyl (C=O) groups is 2. The van der Waals surface area contributed by atoms with E-state index in [-0.39, 0.29) is 12.2 Å². The van der Waals surface area contributed by atoms with Gasteiger partial charge in [0, 0.05) is 29.0 Å². The SMILES string of the molecule is CC(=C/C(=O)O)/C=C/[C@@]1(O)C(/C=C/c2cncs2)=CC(=O)CC1(C)C. The summed E-state index contributed by atoms with van der Waals surface area (Å²) in [5.41, 5.74) is 0.555. The van der Waals surface area contributed by atoms with E-state index in [1.807, 2.05) is 13.8 Å². The number of ketones is 1. The van der Waals surface area contributed by atoms with E-state index in [1.165, 1.54) is 17.4 Å². The van der Waals surface area contributed by atoms with E-state index in [4.69, 9.17) is 5.11 Å². The second-order valence-electron chi connectivity index (χ2n) is 6.69. The Balaban J connectivity index is 2.44. The van der Waals surface area contributed by atoms with Gasteiger partial charge in [-0.1, -0.05) is 26.0 Å². The van der Waals surface area contributed by atoms with Crippen LogP contribution in [0.4, 0.5) is 0 Å². The molecule has 0 spiro atoms. The van der Waals surface area contributed by atoms with E-state index in [9.17, 15) is 14.7 Å². The van der Waals surface area contributed by atoms with Crippen LogP contribution < -0.4 is 0 Å². The second kappa shape index (κ2) is 7.29. The van der Waals surface area contributed by atoms with Crippen LogP contribution in [-0.2, 0) is 9.59 Å². The number of carboxylic acids is 1.